The van der Waals surface area contributed by atoms with Crippen LogP contribution in [0.1, 0.15) is 44.1 Å². The minimum atomic E-state index is -0.965. The Balaban J connectivity index is 1.65. The lowest BCUT2D eigenvalue weighted by atomic mass is 9.92. The van der Waals surface area contributed by atoms with Gasteiger partial charge >= 0.3 is 0 Å². The number of carbonyl (C=O) groups is 2. The molecule has 2 atom stereocenters. The second-order valence-electron chi connectivity index (χ2n) is 7.61. The first kappa shape index (κ1) is 20.7. The van der Waals surface area contributed by atoms with E-state index in [4.69, 9.17) is 23.2 Å². The average molecular weight is 450 g/mol. The number of benzene rings is 1. The summed E-state index contributed by atoms with van der Waals surface area (Å²) in [5, 5.41) is 5.99. The molecule has 1 aromatic heterocycles. The van der Waals surface area contributed by atoms with Crippen molar-refractivity contribution >= 4 is 52.5 Å². The Hall–Kier alpha value is -2.58. The number of nitrogens with one attached hydrogen (secondary N) is 3. The molecule has 4 rings (SSSR count). The number of H-pyrrole nitrogens is 1. The minimum absolute atomic E-state index is 0.136. The number of hydrogen-bond donors (Lipinski definition) is 3. The summed E-state index contributed by atoms with van der Waals surface area (Å²) in [6, 6.07) is 4.89. The zero-order valence-electron chi connectivity index (χ0n) is 16.3. The fraction of sp³-hybridized carbons (Fsp3) is 0.400. The molecule has 0 bridgehead atoms. The Morgan fingerprint density at radius 3 is 2.77 bits per heavy atom. The van der Waals surface area contributed by atoms with Gasteiger partial charge in [0.05, 0.1) is 21.5 Å². The molecule has 10 heteroatoms. The quantitative estimate of drug-likeness (QED) is 0.664. The lowest BCUT2D eigenvalue weighted by Crippen LogP contribution is -2.41. The summed E-state index contributed by atoms with van der Waals surface area (Å²) in [6.45, 7) is 2.85. The lowest BCUT2D eigenvalue weighted by molar-refractivity contribution is -0.123. The highest BCUT2D eigenvalue weighted by molar-refractivity contribution is 6.42. The molecule has 0 spiro atoms. The van der Waals surface area contributed by atoms with E-state index in [9.17, 15) is 14.4 Å². The molecule has 158 valence electrons. The van der Waals surface area contributed by atoms with Crippen molar-refractivity contribution < 1.29 is 9.59 Å². The molecule has 2 aliphatic heterocycles. The van der Waals surface area contributed by atoms with Crippen LogP contribution < -0.4 is 21.1 Å². The summed E-state index contributed by atoms with van der Waals surface area (Å²) >= 11 is 11.9. The average Bonchev–Trinajstić information content (AvgIpc) is 2.70. The zero-order valence-corrected chi connectivity index (χ0v) is 17.8. The summed E-state index contributed by atoms with van der Waals surface area (Å²) in [7, 11) is 0. The number of piperidine rings is 1. The summed E-state index contributed by atoms with van der Waals surface area (Å²) in [5.74, 6) is -1.27. The summed E-state index contributed by atoms with van der Waals surface area (Å²) in [6.07, 6.45) is 2.99. The van der Waals surface area contributed by atoms with E-state index in [-0.39, 0.29) is 34.8 Å². The van der Waals surface area contributed by atoms with E-state index in [1.54, 1.807) is 12.1 Å². The highest BCUT2D eigenvalue weighted by atomic mass is 35.5. The van der Waals surface area contributed by atoms with Crippen LogP contribution in [0.5, 0.6) is 0 Å². The number of aromatic nitrogens is 2. The van der Waals surface area contributed by atoms with E-state index in [0.29, 0.717) is 16.7 Å². The van der Waals surface area contributed by atoms with Crippen molar-refractivity contribution in [3.63, 3.8) is 0 Å². The SMILES string of the molecule is CC1CCCCN1c1nc2c(c(=O)[nH]1)C(C(=O)Nc1ccc(Cl)c(Cl)c1)CC(=O)N2. The van der Waals surface area contributed by atoms with Crippen LogP contribution in [0.15, 0.2) is 23.0 Å². The number of aromatic amines is 1. The van der Waals surface area contributed by atoms with Gasteiger partial charge in [-0.05, 0) is 44.4 Å². The molecular weight excluding hydrogens is 429 g/mol. The molecule has 2 aliphatic rings. The highest BCUT2D eigenvalue weighted by Gasteiger charge is 2.35. The third kappa shape index (κ3) is 4.02. The number of amides is 2. The van der Waals surface area contributed by atoms with Crippen molar-refractivity contribution in [2.24, 2.45) is 0 Å². The second-order valence-corrected chi connectivity index (χ2v) is 8.43. The van der Waals surface area contributed by atoms with Gasteiger partial charge in [0.25, 0.3) is 5.56 Å². The Bertz CT molecular complexity index is 1070. The normalized spacial score (nSPS) is 21.0. The molecule has 8 nitrogen and oxygen atoms in total. The van der Waals surface area contributed by atoms with E-state index in [0.717, 1.165) is 25.8 Å². The first-order valence-corrected chi connectivity index (χ1v) is 10.6. The molecule has 1 aromatic carbocycles. The predicted octanol–water partition coefficient (Wildman–Crippen LogP) is 3.52. The zero-order chi connectivity index (χ0) is 21.4. The van der Waals surface area contributed by atoms with Gasteiger partial charge in [-0.1, -0.05) is 23.2 Å². The van der Waals surface area contributed by atoms with Crippen LogP contribution >= 0.6 is 23.2 Å². The number of halogens is 2. The maximum atomic E-state index is 12.9. The predicted molar refractivity (Wildman–Crippen MR) is 117 cm³/mol. The lowest BCUT2D eigenvalue weighted by Gasteiger charge is -2.34. The first-order chi connectivity index (χ1) is 14.3. The molecule has 2 amide bonds. The number of nitrogens with zero attached hydrogens (tertiary/aromatic N) is 2. The largest absolute Gasteiger partial charge is 0.340 e. The summed E-state index contributed by atoms with van der Waals surface area (Å²) < 4.78 is 0. The van der Waals surface area contributed by atoms with Crippen LogP contribution in [-0.2, 0) is 9.59 Å². The molecular formula is C20H21Cl2N5O3. The summed E-state index contributed by atoms with van der Waals surface area (Å²) in [4.78, 5) is 47.4. The number of carbonyl (C=O) groups excluding carboxylic acids is 2. The van der Waals surface area contributed by atoms with Gasteiger partial charge in [-0.2, -0.15) is 4.98 Å². The van der Waals surface area contributed by atoms with Gasteiger partial charge in [-0.3, -0.25) is 19.4 Å². The van der Waals surface area contributed by atoms with Crippen LogP contribution in [0, 0.1) is 0 Å². The molecule has 2 aromatic rings. The number of anilines is 3. The van der Waals surface area contributed by atoms with Crippen LogP contribution in [0.2, 0.25) is 10.0 Å². The van der Waals surface area contributed by atoms with Crippen molar-refractivity contribution in [3.8, 4) is 0 Å². The van der Waals surface area contributed by atoms with Crippen molar-refractivity contribution in [2.75, 3.05) is 22.1 Å². The second kappa shape index (κ2) is 8.28. The fourth-order valence-electron chi connectivity index (χ4n) is 3.94. The van der Waals surface area contributed by atoms with Crippen molar-refractivity contribution in [2.45, 2.75) is 44.6 Å². The maximum Gasteiger partial charge on any atom is 0.258 e. The van der Waals surface area contributed by atoms with Crippen LogP contribution in [0.3, 0.4) is 0 Å². The Morgan fingerprint density at radius 2 is 2.03 bits per heavy atom. The van der Waals surface area contributed by atoms with E-state index < -0.39 is 17.4 Å². The number of rotatable bonds is 3. The molecule has 30 heavy (non-hydrogen) atoms. The Kier molecular flexibility index (Phi) is 5.71. The maximum absolute atomic E-state index is 12.9. The van der Waals surface area contributed by atoms with Gasteiger partial charge in [0.2, 0.25) is 17.8 Å². The topological polar surface area (TPSA) is 107 Å². The number of hydrogen-bond acceptors (Lipinski definition) is 5. The molecule has 1 fully saturated rings. The Morgan fingerprint density at radius 1 is 1.23 bits per heavy atom. The highest BCUT2D eigenvalue weighted by Crippen LogP contribution is 2.32. The molecule has 3 N–H and O–H groups in total. The van der Waals surface area contributed by atoms with E-state index in [1.807, 2.05) is 4.90 Å². The van der Waals surface area contributed by atoms with Crippen molar-refractivity contribution in [3.05, 3.63) is 44.2 Å². The van der Waals surface area contributed by atoms with E-state index in [2.05, 4.69) is 27.5 Å². The fourth-order valence-corrected chi connectivity index (χ4v) is 4.23. The standard InChI is InChI=1S/C20H21Cl2N5O3/c1-10-4-2-3-7-27(10)20-25-17-16(19(30)26-20)12(9-15(28)24-17)18(29)23-11-5-6-13(21)14(22)8-11/h5-6,8,10,12H,2-4,7,9H2,1H3,(H,23,29)(H2,24,25,26,28,30). The molecule has 0 radical (unpaired) electrons. The van der Waals surface area contributed by atoms with Gasteiger partial charge in [0.15, 0.2) is 0 Å². The molecule has 2 unspecified atom stereocenters. The van der Waals surface area contributed by atoms with Crippen molar-refractivity contribution in [1.82, 2.24) is 9.97 Å². The third-order valence-corrected chi connectivity index (χ3v) is 6.26. The van der Waals surface area contributed by atoms with Crippen LogP contribution in [0.4, 0.5) is 17.5 Å². The smallest absolute Gasteiger partial charge is 0.258 e. The van der Waals surface area contributed by atoms with Gasteiger partial charge in [0.1, 0.15) is 5.82 Å². The van der Waals surface area contributed by atoms with Gasteiger partial charge in [-0.15, -0.1) is 0 Å². The van der Waals surface area contributed by atoms with Gasteiger partial charge < -0.3 is 15.5 Å². The minimum Gasteiger partial charge on any atom is -0.340 e. The first-order valence-electron chi connectivity index (χ1n) is 9.80. The summed E-state index contributed by atoms with van der Waals surface area (Å²) in [5.41, 5.74) is 0.146. The molecule has 3 heterocycles. The van der Waals surface area contributed by atoms with Gasteiger partial charge in [0, 0.05) is 24.7 Å². The van der Waals surface area contributed by atoms with Crippen molar-refractivity contribution in [1.29, 1.82) is 0 Å². The Labute approximate surface area is 183 Å². The van der Waals surface area contributed by atoms with E-state index in [1.165, 1.54) is 6.07 Å². The molecule has 1 saturated heterocycles. The third-order valence-electron chi connectivity index (χ3n) is 5.52. The van der Waals surface area contributed by atoms with Crippen LogP contribution in [-0.4, -0.2) is 34.4 Å². The monoisotopic (exact) mass is 449 g/mol. The molecule has 0 aliphatic carbocycles. The number of fused-ring (bicyclic) bond motifs is 1. The van der Waals surface area contributed by atoms with Gasteiger partial charge in [-0.25, -0.2) is 0 Å². The van der Waals surface area contributed by atoms with Crippen LogP contribution in [0.25, 0.3) is 0 Å². The molecule has 0 saturated carbocycles. The van der Waals surface area contributed by atoms with E-state index >= 15 is 0 Å².